The zero-order chi connectivity index (χ0) is 22.5. The van der Waals surface area contributed by atoms with Crippen LogP contribution in [0.5, 0.6) is 17.2 Å². The predicted octanol–water partition coefficient (Wildman–Crippen LogP) is 5.28. The molecule has 0 fully saturated rings. The Kier molecular flexibility index (Phi) is 7.38. The third-order valence-corrected chi connectivity index (χ3v) is 6.01. The van der Waals surface area contributed by atoms with Gasteiger partial charge in [0.1, 0.15) is 0 Å². The van der Waals surface area contributed by atoms with Crippen molar-refractivity contribution >= 4 is 27.5 Å². The van der Waals surface area contributed by atoms with E-state index in [1.807, 2.05) is 20.8 Å². The number of hydrogen-bond donors (Lipinski definition) is 0. The molecule has 3 rings (SSSR count). The van der Waals surface area contributed by atoms with Crippen molar-refractivity contribution in [1.82, 2.24) is 4.57 Å². The molecule has 0 N–H and O–H groups in total. The summed E-state index contributed by atoms with van der Waals surface area (Å²) in [6.07, 6.45) is 0. The molecule has 7 heteroatoms. The first-order valence-electron chi connectivity index (χ1n) is 10.7. The van der Waals surface area contributed by atoms with Gasteiger partial charge in [0.15, 0.2) is 16.3 Å². The van der Waals surface area contributed by atoms with Gasteiger partial charge in [-0.1, -0.05) is 17.4 Å². The van der Waals surface area contributed by atoms with Crippen LogP contribution in [0.2, 0.25) is 0 Å². The molecule has 3 aromatic rings. The van der Waals surface area contributed by atoms with Crippen molar-refractivity contribution in [1.29, 1.82) is 0 Å². The lowest BCUT2D eigenvalue weighted by Crippen LogP contribution is -2.16. The largest absolute Gasteiger partial charge is 0.490 e. The minimum absolute atomic E-state index is 0.340. The fraction of sp³-hybridized carbons (Fsp3) is 0.417. The average Bonchev–Trinajstić information content (AvgIpc) is 3.07. The summed E-state index contributed by atoms with van der Waals surface area (Å²) in [5, 5.41) is 0. The Balaban J connectivity index is 2.15. The molecule has 0 saturated heterocycles. The number of rotatable bonds is 8. The van der Waals surface area contributed by atoms with Crippen LogP contribution in [-0.2, 0) is 6.54 Å². The van der Waals surface area contributed by atoms with Crippen molar-refractivity contribution < 1.29 is 19.0 Å². The van der Waals surface area contributed by atoms with E-state index in [0.29, 0.717) is 47.4 Å². The molecule has 0 unspecified atom stereocenters. The molecule has 1 amide bonds. The van der Waals surface area contributed by atoms with E-state index in [1.165, 1.54) is 22.5 Å². The number of thiazole rings is 1. The molecular formula is C24H30N2O4S. The minimum atomic E-state index is -0.340. The highest BCUT2D eigenvalue weighted by atomic mass is 32.1. The van der Waals surface area contributed by atoms with Crippen LogP contribution in [0.4, 0.5) is 0 Å². The van der Waals surface area contributed by atoms with Gasteiger partial charge in [-0.15, -0.1) is 0 Å². The molecule has 0 atom stereocenters. The fourth-order valence-electron chi connectivity index (χ4n) is 3.57. The second-order valence-electron chi connectivity index (χ2n) is 7.08. The first-order chi connectivity index (χ1) is 14.9. The third kappa shape index (κ3) is 4.77. The summed E-state index contributed by atoms with van der Waals surface area (Å²) in [5.41, 5.74) is 3.89. The number of fused-ring (bicyclic) bond motifs is 1. The lowest BCUT2D eigenvalue weighted by molar-refractivity contribution is 0.0996. The molecule has 2 aromatic carbocycles. The smallest absolute Gasteiger partial charge is 0.279 e. The maximum Gasteiger partial charge on any atom is 0.279 e. The van der Waals surface area contributed by atoms with Gasteiger partial charge in [0, 0.05) is 12.1 Å². The number of aromatic nitrogens is 1. The second kappa shape index (κ2) is 10.0. The Morgan fingerprint density at radius 3 is 2.10 bits per heavy atom. The number of hydrogen-bond acceptors (Lipinski definition) is 5. The standard InChI is InChI=1S/C24H30N2O4S/c1-7-26-18-12-15(5)11-16(6)22(18)31-24(26)25-23(27)17-13-19(28-8-2)21(30-10-4)20(14-17)29-9-3/h11-14H,7-10H2,1-6H3. The Hall–Kier alpha value is -2.80. The Bertz CT molecular complexity index is 1130. The van der Waals surface area contributed by atoms with E-state index in [4.69, 9.17) is 14.2 Å². The Morgan fingerprint density at radius 1 is 0.935 bits per heavy atom. The lowest BCUT2D eigenvalue weighted by Gasteiger charge is -2.16. The van der Waals surface area contributed by atoms with Crippen LogP contribution in [0.1, 0.15) is 49.2 Å². The number of ether oxygens (including phenoxy) is 3. The number of carbonyl (C=O) groups excluding carboxylic acids is 1. The van der Waals surface area contributed by atoms with Crippen LogP contribution < -0.4 is 19.0 Å². The maximum absolute atomic E-state index is 13.2. The topological polar surface area (TPSA) is 62.0 Å². The van der Waals surface area contributed by atoms with Crippen molar-refractivity contribution in [2.75, 3.05) is 19.8 Å². The monoisotopic (exact) mass is 442 g/mol. The Labute approximate surface area is 187 Å². The van der Waals surface area contributed by atoms with Crippen LogP contribution in [-0.4, -0.2) is 30.3 Å². The van der Waals surface area contributed by atoms with Gasteiger partial charge in [0.05, 0.1) is 30.0 Å². The number of nitrogens with zero attached hydrogens (tertiary/aromatic N) is 2. The van der Waals surface area contributed by atoms with E-state index in [1.54, 1.807) is 12.1 Å². The summed E-state index contributed by atoms with van der Waals surface area (Å²) in [7, 11) is 0. The summed E-state index contributed by atoms with van der Waals surface area (Å²) in [4.78, 5) is 18.3. The number of amides is 1. The summed E-state index contributed by atoms with van der Waals surface area (Å²) >= 11 is 1.54. The number of aryl methyl sites for hydroxylation is 3. The molecule has 0 spiro atoms. The molecule has 0 aliphatic carbocycles. The predicted molar refractivity (Wildman–Crippen MR) is 125 cm³/mol. The number of benzene rings is 2. The highest BCUT2D eigenvalue weighted by Gasteiger charge is 2.19. The van der Waals surface area contributed by atoms with Crippen molar-refractivity contribution in [2.24, 2.45) is 4.99 Å². The molecule has 1 aromatic heterocycles. The molecule has 0 aliphatic rings. The van der Waals surface area contributed by atoms with Crippen molar-refractivity contribution in [2.45, 2.75) is 48.1 Å². The van der Waals surface area contributed by atoms with Crippen molar-refractivity contribution in [3.05, 3.63) is 45.8 Å². The molecule has 0 aliphatic heterocycles. The van der Waals surface area contributed by atoms with E-state index in [2.05, 4.69) is 42.5 Å². The Morgan fingerprint density at radius 2 is 1.55 bits per heavy atom. The van der Waals surface area contributed by atoms with Gasteiger partial charge in [0.2, 0.25) is 5.75 Å². The molecule has 0 saturated carbocycles. The van der Waals surface area contributed by atoms with Gasteiger partial charge in [-0.25, -0.2) is 0 Å². The van der Waals surface area contributed by atoms with E-state index in [0.717, 1.165) is 16.8 Å². The highest BCUT2D eigenvalue weighted by molar-refractivity contribution is 7.16. The summed E-state index contributed by atoms with van der Waals surface area (Å²) in [6, 6.07) is 7.66. The van der Waals surface area contributed by atoms with Crippen molar-refractivity contribution in [3.63, 3.8) is 0 Å². The molecule has 31 heavy (non-hydrogen) atoms. The first-order valence-corrected chi connectivity index (χ1v) is 11.5. The summed E-state index contributed by atoms with van der Waals surface area (Å²) in [5.74, 6) is 1.15. The van der Waals surface area contributed by atoms with E-state index < -0.39 is 0 Å². The number of carbonyl (C=O) groups is 1. The summed E-state index contributed by atoms with van der Waals surface area (Å²) in [6.45, 7) is 14.0. The van der Waals surface area contributed by atoms with Crippen LogP contribution in [0.3, 0.4) is 0 Å². The van der Waals surface area contributed by atoms with Crippen LogP contribution >= 0.6 is 11.3 Å². The second-order valence-corrected chi connectivity index (χ2v) is 8.05. The molecule has 0 bridgehead atoms. The quantitative estimate of drug-likeness (QED) is 0.476. The van der Waals surface area contributed by atoms with Crippen LogP contribution in [0.25, 0.3) is 10.2 Å². The summed E-state index contributed by atoms with van der Waals surface area (Å²) < 4.78 is 20.4. The third-order valence-electron chi connectivity index (χ3n) is 4.78. The van der Waals surface area contributed by atoms with Gasteiger partial charge < -0.3 is 18.8 Å². The zero-order valence-electron chi connectivity index (χ0n) is 19.1. The highest BCUT2D eigenvalue weighted by Crippen LogP contribution is 2.39. The van der Waals surface area contributed by atoms with Gasteiger partial charge in [0.25, 0.3) is 5.91 Å². The van der Waals surface area contributed by atoms with Crippen LogP contribution in [0, 0.1) is 13.8 Å². The molecule has 0 radical (unpaired) electrons. The van der Waals surface area contributed by atoms with Gasteiger partial charge in [-0.05, 0) is 70.9 Å². The van der Waals surface area contributed by atoms with Gasteiger partial charge in [-0.2, -0.15) is 4.99 Å². The SMILES string of the molecule is CCOc1cc(C(=O)N=c2sc3c(C)cc(C)cc3n2CC)cc(OCC)c1OCC. The van der Waals surface area contributed by atoms with Crippen molar-refractivity contribution in [3.8, 4) is 17.2 Å². The zero-order valence-corrected chi connectivity index (χ0v) is 19.9. The normalized spacial score (nSPS) is 11.7. The minimum Gasteiger partial charge on any atom is -0.490 e. The van der Waals surface area contributed by atoms with Crippen LogP contribution in [0.15, 0.2) is 29.3 Å². The van der Waals surface area contributed by atoms with E-state index >= 15 is 0 Å². The van der Waals surface area contributed by atoms with E-state index in [9.17, 15) is 4.79 Å². The van der Waals surface area contributed by atoms with Gasteiger partial charge in [-0.3, -0.25) is 4.79 Å². The molecule has 6 nitrogen and oxygen atoms in total. The first kappa shape index (κ1) is 22.9. The lowest BCUT2D eigenvalue weighted by atomic mass is 10.1. The maximum atomic E-state index is 13.2. The van der Waals surface area contributed by atoms with E-state index in [-0.39, 0.29) is 5.91 Å². The molecule has 166 valence electrons. The fourth-order valence-corrected chi connectivity index (χ4v) is 4.71. The van der Waals surface area contributed by atoms with Gasteiger partial charge >= 0.3 is 0 Å². The molecule has 1 heterocycles. The average molecular weight is 443 g/mol. The molecular weight excluding hydrogens is 412 g/mol.